The van der Waals surface area contributed by atoms with Crippen molar-refractivity contribution in [3.8, 4) is 0 Å². The predicted molar refractivity (Wildman–Crippen MR) is 84.3 cm³/mol. The van der Waals surface area contributed by atoms with Gasteiger partial charge in [0.1, 0.15) is 10.6 Å². The van der Waals surface area contributed by atoms with Crippen LogP contribution in [-0.4, -0.2) is 23.8 Å². The second kappa shape index (κ2) is 6.86. The maximum atomic E-state index is 12.1. The molecule has 1 atom stereocenters. The van der Waals surface area contributed by atoms with Crippen molar-refractivity contribution in [3.63, 3.8) is 0 Å². The fraction of sp³-hybridized carbons (Fsp3) is 0.333. The van der Waals surface area contributed by atoms with E-state index in [1.807, 2.05) is 22.6 Å². The standard InChI is InChI=1S/C12H11F3IN3O2S/c13-12(14,15)21-7-2-1-6(8(16)3-7)4-18-10(20)9-5-19-11(17)22-9/h2-3,5-6H,1,4H2,(H2,17,19)(H,18,20). The number of halogens is 4. The van der Waals surface area contributed by atoms with Crippen molar-refractivity contribution in [1.29, 1.82) is 0 Å². The summed E-state index contributed by atoms with van der Waals surface area (Å²) in [6.07, 6.45) is -0.292. The van der Waals surface area contributed by atoms with Crippen LogP contribution in [0.1, 0.15) is 16.1 Å². The molecule has 0 aromatic carbocycles. The Morgan fingerprint density at radius 3 is 2.86 bits per heavy atom. The van der Waals surface area contributed by atoms with Gasteiger partial charge < -0.3 is 15.8 Å². The fourth-order valence-electron chi connectivity index (χ4n) is 1.76. The minimum atomic E-state index is -4.70. The molecule has 1 aliphatic carbocycles. The zero-order valence-electron chi connectivity index (χ0n) is 11.0. The Bertz CT molecular complexity index is 627. The van der Waals surface area contributed by atoms with Crippen LogP contribution in [0.15, 0.2) is 27.7 Å². The highest BCUT2D eigenvalue weighted by atomic mass is 127. The molecule has 1 unspecified atom stereocenters. The number of ether oxygens (including phenoxy) is 1. The number of aromatic nitrogens is 1. The van der Waals surface area contributed by atoms with Crippen LogP contribution in [0.2, 0.25) is 0 Å². The Kier molecular flexibility index (Phi) is 5.32. The number of nitrogens with two attached hydrogens (primary N) is 1. The van der Waals surface area contributed by atoms with Crippen molar-refractivity contribution in [2.75, 3.05) is 12.3 Å². The average molecular weight is 445 g/mol. The molecule has 1 aromatic heterocycles. The Morgan fingerprint density at radius 1 is 1.59 bits per heavy atom. The Morgan fingerprint density at radius 2 is 2.32 bits per heavy atom. The summed E-state index contributed by atoms with van der Waals surface area (Å²) >= 11 is 3.01. The summed E-state index contributed by atoms with van der Waals surface area (Å²) in [5.41, 5.74) is 5.45. The number of amides is 1. The molecule has 0 radical (unpaired) electrons. The molecular weight excluding hydrogens is 434 g/mol. The maximum absolute atomic E-state index is 12.1. The zero-order valence-corrected chi connectivity index (χ0v) is 14.0. The number of nitrogens with one attached hydrogen (secondary N) is 1. The highest BCUT2D eigenvalue weighted by molar-refractivity contribution is 14.1. The van der Waals surface area contributed by atoms with E-state index in [2.05, 4.69) is 15.0 Å². The normalized spacial score (nSPS) is 18.5. The van der Waals surface area contributed by atoms with Crippen LogP contribution in [0.4, 0.5) is 18.3 Å². The third-order valence-corrected chi connectivity index (χ3v) is 4.78. The van der Waals surface area contributed by atoms with Crippen LogP contribution in [0, 0.1) is 5.92 Å². The van der Waals surface area contributed by atoms with Crippen molar-refractivity contribution in [3.05, 3.63) is 32.6 Å². The third kappa shape index (κ3) is 4.87. The van der Waals surface area contributed by atoms with E-state index in [4.69, 9.17) is 5.73 Å². The summed E-state index contributed by atoms with van der Waals surface area (Å²) in [5.74, 6) is -0.621. The van der Waals surface area contributed by atoms with Gasteiger partial charge in [0.05, 0.1) is 6.20 Å². The van der Waals surface area contributed by atoms with Crippen molar-refractivity contribution in [1.82, 2.24) is 10.3 Å². The number of carbonyl (C=O) groups is 1. The number of alkyl halides is 3. The lowest BCUT2D eigenvalue weighted by Crippen LogP contribution is -2.29. The van der Waals surface area contributed by atoms with E-state index < -0.39 is 6.36 Å². The highest BCUT2D eigenvalue weighted by Gasteiger charge is 2.32. The van der Waals surface area contributed by atoms with E-state index in [0.717, 1.165) is 11.3 Å². The Hall–Kier alpha value is -1.30. The van der Waals surface area contributed by atoms with E-state index in [1.54, 1.807) is 0 Å². The van der Waals surface area contributed by atoms with Crippen LogP contribution in [0.25, 0.3) is 0 Å². The topological polar surface area (TPSA) is 77.2 Å². The SMILES string of the molecule is Nc1ncc(C(=O)NCC2CC=C(OC(F)(F)F)C=C2I)s1. The number of rotatable bonds is 4. The number of carbonyl (C=O) groups excluding carboxylic acids is 1. The van der Waals surface area contributed by atoms with Gasteiger partial charge in [-0.2, -0.15) is 0 Å². The quantitative estimate of drug-likeness (QED) is 0.699. The Labute approximate surface area is 141 Å². The van der Waals surface area contributed by atoms with Gasteiger partial charge in [-0.1, -0.05) is 11.3 Å². The van der Waals surface area contributed by atoms with Crippen LogP contribution in [0.3, 0.4) is 0 Å². The van der Waals surface area contributed by atoms with Gasteiger partial charge in [0.2, 0.25) is 0 Å². The molecule has 0 bridgehead atoms. The molecule has 1 aliphatic rings. The molecule has 0 saturated carbocycles. The number of hydrogen-bond donors (Lipinski definition) is 2. The molecule has 120 valence electrons. The largest absolute Gasteiger partial charge is 0.573 e. The summed E-state index contributed by atoms with van der Waals surface area (Å²) in [6.45, 7) is 0.307. The zero-order chi connectivity index (χ0) is 16.3. The van der Waals surface area contributed by atoms with Crippen LogP contribution >= 0.6 is 33.9 Å². The molecule has 10 heteroatoms. The van der Waals surface area contributed by atoms with Gasteiger partial charge in [-0.15, -0.1) is 13.2 Å². The lowest BCUT2D eigenvalue weighted by molar-refractivity contribution is -0.303. The van der Waals surface area contributed by atoms with Gasteiger partial charge in [-0.3, -0.25) is 4.79 Å². The van der Waals surface area contributed by atoms with Crippen molar-refractivity contribution in [2.45, 2.75) is 12.8 Å². The Balaban J connectivity index is 1.88. The first-order valence-electron chi connectivity index (χ1n) is 6.07. The summed E-state index contributed by atoms with van der Waals surface area (Å²) in [6, 6.07) is 0. The molecule has 22 heavy (non-hydrogen) atoms. The van der Waals surface area contributed by atoms with E-state index in [9.17, 15) is 18.0 Å². The second-order valence-corrected chi connectivity index (χ2v) is 6.70. The van der Waals surface area contributed by atoms with Crippen molar-refractivity contribution < 1.29 is 22.7 Å². The lowest BCUT2D eigenvalue weighted by Gasteiger charge is -2.21. The third-order valence-electron chi connectivity index (χ3n) is 2.76. The summed E-state index contributed by atoms with van der Waals surface area (Å²) in [5, 5.41) is 3.01. The van der Waals surface area contributed by atoms with E-state index in [1.165, 1.54) is 18.3 Å². The molecule has 1 aromatic rings. The van der Waals surface area contributed by atoms with E-state index >= 15 is 0 Å². The molecule has 0 fully saturated rings. The van der Waals surface area contributed by atoms with Crippen LogP contribution < -0.4 is 11.1 Å². The number of hydrogen-bond acceptors (Lipinski definition) is 5. The van der Waals surface area contributed by atoms with Gasteiger partial charge in [0, 0.05) is 12.5 Å². The minimum Gasteiger partial charge on any atom is -0.406 e. The van der Waals surface area contributed by atoms with Gasteiger partial charge in [0.15, 0.2) is 5.13 Å². The molecule has 0 aliphatic heterocycles. The molecular formula is C12H11F3IN3O2S. The van der Waals surface area contributed by atoms with Crippen LogP contribution in [-0.2, 0) is 4.74 Å². The van der Waals surface area contributed by atoms with Crippen molar-refractivity contribution >= 4 is 45.0 Å². The molecule has 1 heterocycles. The van der Waals surface area contributed by atoms with Gasteiger partial charge in [0.25, 0.3) is 5.91 Å². The highest BCUT2D eigenvalue weighted by Crippen LogP contribution is 2.32. The summed E-state index contributed by atoms with van der Waals surface area (Å²) < 4.78 is 41.0. The fourth-order valence-corrected chi connectivity index (χ4v) is 3.15. The number of nitrogens with zero attached hydrogens (tertiary/aromatic N) is 1. The lowest BCUT2D eigenvalue weighted by atomic mass is 10.00. The number of anilines is 1. The number of thiazole rings is 1. The van der Waals surface area contributed by atoms with Crippen molar-refractivity contribution in [2.24, 2.45) is 5.92 Å². The number of allylic oxidation sites excluding steroid dienone is 2. The maximum Gasteiger partial charge on any atom is 0.573 e. The minimum absolute atomic E-state index is 0.0876. The first-order chi connectivity index (χ1) is 10.2. The summed E-state index contributed by atoms with van der Waals surface area (Å²) in [7, 11) is 0. The second-order valence-electron chi connectivity index (χ2n) is 4.39. The van der Waals surface area contributed by atoms with E-state index in [0.29, 0.717) is 26.6 Å². The average Bonchev–Trinajstić information content (AvgIpc) is 2.82. The first-order valence-corrected chi connectivity index (χ1v) is 7.96. The number of nitrogen functional groups attached to an aromatic ring is 1. The molecule has 1 amide bonds. The molecule has 2 rings (SSSR count). The van der Waals surface area contributed by atoms with E-state index in [-0.39, 0.29) is 17.6 Å². The molecule has 0 spiro atoms. The molecule has 5 nitrogen and oxygen atoms in total. The van der Waals surface area contributed by atoms with Gasteiger partial charge >= 0.3 is 6.36 Å². The first kappa shape index (κ1) is 17.1. The molecule has 0 saturated heterocycles. The smallest absolute Gasteiger partial charge is 0.406 e. The summed E-state index contributed by atoms with van der Waals surface area (Å²) in [4.78, 5) is 16.0. The van der Waals surface area contributed by atoms with Gasteiger partial charge in [-0.25, -0.2) is 4.98 Å². The van der Waals surface area contributed by atoms with Crippen LogP contribution in [0.5, 0.6) is 0 Å². The van der Waals surface area contributed by atoms with Gasteiger partial charge in [-0.05, 0) is 44.7 Å². The predicted octanol–water partition coefficient (Wildman–Crippen LogP) is 3.21. The molecule has 3 N–H and O–H groups in total. The monoisotopic (exact) mass is 445 g/mol.